The van der Waals surface area contributed by atoms with Gasteiger partial charge >= 0.3 is 0 Å². The lowest BCUT2D eigenvalue weighted by Gasteiger charge is -2.10. The number of hydrogen-bond acceptors (Lipinski definition) is 4. The predicted octanol–water partition coefficient (Wildman–Crippen LogP) is 2.81. The van der Waals surface area contributed by atoms with Crippen molar-refractivity contribution >= 4 is 41.3 Å². The molecule has 6 nitrogen and oxygen atoms in total. The van der Waals surface area contributed by atoms with Crippen LogP contribution in [0.5, 0.6) is 0 Å². The summed E-state index contributed by atoms with van der Waals surface area (Å²) < 4.78 is 1.74. The number of aliphatic imine (C=N–C) groups is 1. The standard InChI is InChI=1S/C18H27N5OS.HI/c1-3-19-18(21-11-9-16-22-14-15(2)25-16)20-10-5-7-13-23-12-6-4-8-17(23)24;/h4,6,8,12,14H,3,5,7,9-11,13H2,1-2H3,(H2,19,20,21);1H. The molecule has 0 aliphatic rings. The van der Waals surface area contributed by atoms with Gasteiger partial charge in [-0.05, 0) is 32.8 Å². The molecule has 2 heterocycles. The number of pyridine rings is 1. The highest BCUT2D eigenvalue weighted by Gasteiger charge is 2.01. The summed E-state index contributed by atoms with van der Waals surface area (Å²) in [4.78, 5) is 21.8. The maximum atomic E-state index is 11.6. The van der Waals surface area contributed by atoms with Crippen molar-refractivity contribution in [3.8, 4) is 0 Å². The van der Waals surface area contributed by atoms with Gasteiger partial charge in [0, 0.05) is 55.9 Å². The SMILES string of the molecule is CCNC(=NCCCCn1ccccc1=O)NCCc1ncc(C)s1.I. The second kappa shape index (κ2) is 12.9. The maximum Gasteiger partial charge on any atom is 0.250 e. The minimum Gasteiger partial charge on any atom is -0.357 e. The molecular weight excluding hydrogens is 461 g/mol. The summed E-state index contributed by atoms with van der Waals surface area (Å²) in [6.07, 6.45) is 6.53. The van der Waals surface area contributed by atoms with Crippen molar-refractivity contribution in [3.05, 3.63) is 50.8 Å². The maximum absolute atomic E-state index is 11.6. The van der Waals surface area contributed by atoms with Crippen LogP contribution in [0.3, 0.4) is 0 Å². The molecule has 8 heteroatoms. The van der Waals surface area contributed by atoms with E-state index < -0.39 is 0 Å². The average molecular weight is 489 g/mol. The highest BCUT2D eigenvalue weighted by Crippen LogP contribution is 2.10. The summed E-state index contributed by atoms with van der Waals surface area (Å²) in [5.74, 6) is 0.840. The van der Waals surface area contributed by atoms with Crippen molar-refractivity contribution in [1.82, 2.24) is 20.2 Å². The Kier molecular flexibility index (Phi) is 11.2. The molecule has 144 valence electrons. The molecule has 2 aromatic heterocycles. The van der Waals surface area contributed by atoms with Crippen molar-refractivity contribution in [2.75, 3.05) is 19.6 Å². The van der Waals surface area contributed by atoms with E-state index in [4.69, 9.17) is 0 Å². The molecule has 0 aromatic carbocycles. The Morgan fingerprint density at radius 2 is 2.15 bits per heavy atom. The first kappa shape index (κ1) is 22.6. The summed E-state index contributed by atoms with van der Waals surface area (Å²) in [6.45, 7) is 7.27. The monoisotopic (exact) mass is 489 g/mol. The minimum atomic E-state index is 0. The van der Waals surface area contributed by atoms with E-state index in [0.717, 1.165) is 56.4 Å². The van der Waals surface area contributed by atoms with E-state index in [1.807, 2.05) is 18.5 Å². The van der Waals surface area contributed by atoms with Crippen LogP contribution < -0.4 is 16.2 Å². The summed E-state index contributed by atoms with van der Waals surface area (Å²) in [5, 5.41) is 7.75. The van der Waals surface area contributed by atoms with Crippen LogP contribution in [-0.4, -0.2) is 35.1 Å². The topological polar surface area (TPSA) is 71.3 Å². The van der Waals surface area contributed by atoms with Crippen LogP contribution >= 0.6 is 35.3 Å². The third kappa shape index (κ3) is 8.31. The van der Waals surface area contributed by atoms with Crippen molar-refractivity contribution in [1.29, 1.82) is 0 Å². The first-order chi connectivity index (χ1) is 12.2. The fourth-order valence-electron chi connectivity index (χ4n) is 2.38. The van der Waals surface area contributed by atoms with Crippen LogP contribution in [0.1, 0.15) is 29.7 Å². The van der Waals surface area contributed by atoms with Crippen LogP contribution in [0.15, 0.2) is 40.4 Å². The summed E-state index contributed by atoms with van der Waals surface area (Å²) in [7, 11) is 0. The first-order valence-corrected chi connectivity index (χ1v) is 9.59. The lowest BCUT2D eigenvalue weighted by molar-refractivity contribution is 0.597. The molecule has 0 atom stereocenters. The molecule has 0 saturated carbocycles. The Morgan fingerprint density at radius 1 is 1.31 bits per heavy atom. The van der Waals surface area contributed by atoms with Gasteiger partial charge in [0.2, 0.25) is 5.56 Å². The fourth-order valence-corrected chi connectivity index (χ4v) is 3.16. The fraction of sp³-hybridized carbons (Fsp3) is 0.500. The van der Waals surface area contributed by atoms with E-state index >= 15 is 0 Å². The van der Waals surface area contributed by atoms with Gasteiger partial charge in [0.1, 0.15) is 0 Å². The van der Waals surface area contributed by atoms with Gasteiger partial charge in [-0.25, -0.2) is 4.98 Å². The van der Waals surface area contributed by atoms with Crippen LogP contribution in [0.25, 0.3) is 0 Å². The van der Waals surface area contributed by atoms with Crippen LogP contribution in [0, 0.1) is 6.92 Å². The van der Waals surface area contributed by atoms with Crippen molar-refractivity contribution in [3.63, 3.8) is 0 Å². The van der Waals surface area contributed by atoms with Crippen LogP contribution in [-0.2, 0) is 13.0 Å². The van der Waals surface area contributed by atoms with Gasteiger partial charge in [-0.2, -0.15) is 0 Å². The molecule has 0 amide bonds. The Labute approximate surface area is 176 Å². The van der Waals surface area contributed by atoms with E-state index in [1.54, 1.807) is 28.0 Å². The van der Waals surface area contributed by atoms with Crippen LogP contribution in [0.4, 0.5) is 0 Å². The second-order valence-electron chi connectivity index (χ2n) is 5.74. The number of thiazole rings is 1. The molecule has 0 unspecified atom stereocenters. The Balaban J connectivity index is 0.00000338. The number of aromatic nitrogens is 2. The Bertz CT molecular complexity index is 728. The predicted molar refractivity (Wildman–Crippen MR) is 120 cm³/mol. The van der Waals surface area contributed by atoms with E-state index in [0.29, 0.717) is 0 Å². The lowest BCUT2D eigenvalue weighted by atomic mass is 10.3. The summed E-state index contributed by atoms with van der Waals surface area (Å²) in [6, 6.07) is 5.25. The molecule has 0 fully saturated rings. The van der Waals surface area contributed by atoms with Gasteiger partial charge < -0.3 is 15.2 Å². The van der Waals surface area contributed by atoms with Crippen molar-refractivity contribution < 1.29 is 0 Å². The molecule has 26 heavy (non-hydrogen) atoms. The Hall–Kier alpha value is -1.42. The minimum absolute atomic E-state index is 0. The van der Waals surface area contributed by atoms with E-state index in [-0.39, 0.29) is 29.5 Å². The molecule has 2 rings (SSSR count). The largest absolute Gasteiger partial charge is 0.357 e. The van der Waals surface area contributed by atoms with Crippen LogP contribution in [0.2, 0.25) is 0 Å². The van der Waals surface area contributed by atoms with Gasteiger partial charge in [0.05, 0.1) is 5.01 Å². The van der Waals surface area contributed by atoms with E-state index in [2.05, 4.69) is 34.5 Å². The molecule has 0 aliphatic carbocycles. The first-order valence-electron chi connectivity index (χ1n) is 8.78. The van der Waals surface area contributed by atoms with E-state index in [1.165, 1.54) is 4.88 Å². The van der Waals surface area contributed by atoms with Gasteiger partial charge in [0.15, 0.2) is 5.96 Å². The number of hydrogen-bond donors (Lipinski definition) is 2. The zero-order valence-corrected chi connectivity index (χ0v) is 18.5. The van der Waals surface area contributed by atoms with E-state index in [9.17, 15) is 4.79 Å². The molecule has 0 spiro atoms. The number of halogens is 1. The molecule has 0 saturated heterocycles. The Morgan fingerprint density at radius 3 is 2.85 bits per heavy atom. The van der Waals surface area contributed by atoms with Gasteiger partial charge in [-0.3, -0.25) is 9.79 Å². The number of unbranched alkanes of at least 4 members (excludes halogenated alkanes) is 1. The quantitative estimate of drug-likeness (QED) is 0.246. The zero-order chi connectivity index (χ0) is 17.9. The molecule has 0 bridgehead atoms. The zero-order valence-electron chi connectivity index (χ0n) is 15.4. The third-order valence-electron chi connectivity index (χ3n) is 3.62. The number of aryl methyl sites for hydroxylation is 2. The van der Waals surface area contributed by atoms with Crippen molar-refractivity contribution in [2.45, 2.75) is 39.7 Å². The molecule has 2 N–H and O–H groups in total. The molecule has 0 radical (unpaired) electrons. The lowest BCUT2D eigenvalue weighted by Crippen LogP contribution is -2.38. The smallest absolute Gasteiger partial charge is 0.250 e. The number of guanidine groups is 1. The van der Waals surface area contributed by atoms with Crippen molar-refractivity contribution in [2.24, 2.45) is 4.99 Å². The highest BCUT2D eigenvalue weighted by molar-refractivity contribution is 14.0. The average Bonchev–Trinajstić information content (AvgIpc) is 3.01. The number of nitrogens with one attached hydrogen (secondary N) is 2. The molecule has 0 aliphatic heterocycles. The highest BCUT2D eigenvalue weighted by atomic mass is 127. The van der Waals surface area contributed by atoms with Gasteiger partial charge in [-0.15, -0.1) is 35.3 Å². The third-order valence-corrected chi connectivity index (χ3v) is 4.59. The molecule has 2 aromatic rings. The molecular formula is C18H28IN5OS. The van der Waals surface area contributed by atoms with Gasteiger partial charge in [0.25, 0.3) is 0 Å². The normalized spacial score (nSPS) is 11.1. The number of rotatable bonds is 9. The second-order valence-corrected chi connectivity index (χ2v) is 7.06. The van der Waals surface area contributed by atoms with Gasteiger partial charge in [-0.1, -0.05) is 6.07 Å². The number of nitrogens with zero attached hydrogens (tertiary/aromatic N) is 3. The summed E-state index contributed by atoms with van der Waals surface area (Å²) >= 11 is 1.74. The summed E-state index contributed by atoms with van der Waals surface area (Å²) in [5.41, 5.74) is 0.0541.